The van der Waals surface area contributed by atoms with Gasteiger partial charge in [-0.2, -0.15) is 0 Å². The van der Waals surface area contributed by atoms with Crippen LogP contribution in [0.1, 0.15) is 76.8 Å². The summed E-state index contributed by atoms with van der Waals surface area (Å²) in [6.07, 6.45) is 3.79. The average Bonchev–Trinajstić information content (AvgIpc) is 4.07. The summed E-state index contributed by atoms with van der Waals surface area (Å²) in [5, 5.41) is 6.57. The standard InChI is InChI=1S/C50H64N9O8SSi/c1-10-41(60)58-20-21-66-39-26-56(25-38(39)58)48(64)55(8)43(29(3)4)45(61)53-35-23-40-52-36(27-68-40)31-15-16-37-33(22-31)34(44(57(37)11-2)32-14-12-18-51-42(32)30(5)65-9)24-49(6,7)28-67-47(63)50(69)17-13-19-59(54-50)46(35)62/h10,12,14-16,18,22,27,29-30,35,38-39,43,54H,1,11,13,17,19-21,23-26,28H2,2-9H3,(H,53,61)/t30-,35-,38+,39-,43-,50-/m0/s1. The third-order valence-electron chi connectivity index (χ3n) is 13.9. The van der Waals surface area contributed by atoms with Crippen LogP contribution in [0.15, 0.2) is 54.6 Å². The lowest BCUT2D eigenvalue weighted by molar-refractivity contribution is -0.158. The second-order valence-electron chi connectivity index (χ2n) is 19.7. The molecule has 0 spiro atoms. The Labute approximate surface area is 411 Å². The van der Waals surface area contributed by atoms with Gasteiger partial charge in [-0.25, -0.2) is 15.2 Å². The van der Waals surface area contributed by atoms with E-state index in [2.05, 4.69) is 77.2 Å². The second-order valence-corrected chi connectivity index (χ2v) is 21.5. The maximum absolute atomic E-state index is 14.8. The number of fused-ring (bicyclic) bond motifs is 7. The van der Waals surface area contributed by atoms with E-state index in [1.807, 2.05) is 32.2 Å². The van der Waals surface area contributed by atoms with Gasteiger partial charge in [0.05, 0.1) is 70.3 Å². The molecule has 4 aliphatic rings. The van der Waals surface area contributed by atoms with Gasteiger partial charge in [-0.3, -0.25) is 29.2 Å². The van der Waals surface area contributed by atoms with Crippen molar-refractivity contribution in [2.45, 2.75) is 109 Å². The van der Waals surface area contributed by atoms with Crippen molar-refractivity contribution in [3.8, 4) is 22.5 Å². The van der Waals surface area contributed by atoms with E-state index in [1.54, 1.807) is 30.2 Å². The number of morpholine rings is 1. The first kappa shape index (κ1) is 49.9. The number of carbonyl (C=O) groups is 5. The number of ether oxygens (including phenoxy) is 3. The molecule has 4 aromatic rings. The number of nitrogens with one attached hydrogen (secondary N) is 2. The lowest BCUT2D eigenvalue weighted by Gasteiger charge is -2.41. The van der Waals surface area contributed by atoms with Gasteiger partial charge in [-0.05, 0) is 74.9 Å². The molecule has 0 aliphatic carbocycles. The lowest BCUT2D eigenvalue weighted by Crippen LogP contribution is -2.67. The van der Waals surface area contributed by atoms with Crippen molar-refractivity contribution in [2.75, 3.05) is 53.6 Å². The van der Waals surface area contributed by atoms with Gasteiger partial charge in [0.15, 0.2) is 0 Å². The van der Waals surface area contributed by atoms with E-state index in [1.165, 1.54) is 27.3 Å². The van der Waals surface area contributed by atoms with Crippen LogP contribution in [-0.2, 0) is 52.8 Å². The molecule has 3 aromatic heterocycles. The average molecular weight is 979 g/mol. The summed E-state index contributed by atoms with van der Waals surface area (Å²) in [5.74, 6) is -2.15. The molecule has 19 heteroatoms. The number of pyridine rings is 1. The molecule has 367 valence electrons. The number of likely N-dealkylation sites (tertiary alicyclic amines) is 1. The summed E-state index contributed by atoms with van der Waals surface area (Å²) in [7, 11) is 6.98. The number of aryl methyl sites for hydroxylation is 1. The Morgan fingerprint density at radius 1 is 1.16 bits per heavy atom. The van der Waals surface area contributed by atoms with E-state index in [4.69, 9.17) is 24.2 Å². The van der Waals surface area contributed by atoms with Crippen LogP contribution >= 0.6 is 11.3 Å². The van der Waals surface area contributed by atoms with Gasteiger partial charge in [0.2, 0.25) is 11.8 Å². The first-order valence-corrected chi connectivity index (χ1v) is 25.2. The van der Waals surface area contributed by atoms with Crippen LogP contribution in [-0.4, -0.2) is 157 Å². The number of hydrazine groups is 1. The third kappa shape index (κ3) is 9.85. The van der Waals surface area contributed by atoms with Crippen molar-refractivity contribution in [3.63, 3.8) is 0 Å². The predicted octanol–water partition coefficient (Wildman–Crippen LogP) is 4.87. The van der Waals surface area contributed by atoms with E-state index < -0.39 is 46.5 Å². The molecule has 1 aromatic carbocycles. The van der Waals surface area contributed by atoms with Crippen LogP contribution in [0.25, 0.3) is 33.4 Å². The van der Waals surface area contributed by atoms with Crippen LogP contribution in [0.3, 0.4) is 0 Å². The normalized spacial score (nSPS) is 23.8. The SMILES string of the molecule is C=CC(=O)N1CCO[C@H]2CN(C(=O)N(C)[C@H](C(=O)N[C@H]3Cc4nc(cs4)-c4ccc5c(c4)c(c(-c4cccnc4[C@H](C)OC)n5CC)CC(C)(C)COC(=O)[C@@]4([Si])CCCN(N4)C3=O)C(C)C)C[C@H]21. The molecule has 17 nitrogen and oxygen atoms in total. The van der Waals surface area contributed by atoms with Crippen LogP contribution in [0.2, 0.25) is 0 Å². The Bertz CT molecular complexity index is 2630. The number of hydrogen-bond donors (Lipinski definition) is 2. The van der Waals surface area contributed by atoms with Gasteiger partial charge >= 0.3 is 12.0 Å². The molecule has 2 N–H and O–H groups in total. The predicted molar refractivity (Wildman–Crippen MR) is 263 cm³/mol. The number of esters is 1. The lowest BCUT2D eigenvalue weighted by atomic mass is 9.84. The molecule has 69 heavy (non-hydrogen) atoms. The Morgan fingerprint density at radius 3 is 2.67 bits per heavy atom. The molecule has 5 amide bonds. The maximum atomic E-state index is 14.8. The van der Waals surface area contributed by atoms with Crippen molar-refractivity contribution in [1.82, 2.24) is 45.0 Å². The number of thiazole rings is 1. The quantitative estimate of drug-likeness (QED) is 0.133. The number of aromatic nitrogens is 3. The van der Waals surface area contributed by atoms with Crippen molar-refractivity contribution >= 4 is 62.2 Å². The second kappa shape index (κ2) is 20.1. The molecular weight excluding hydrogens is 915 g/mol. The van der Waals surface area contributed by atoms with Crippen LogP contribution in [0.5, 0.6) is 0 Å². The van der Waals surface area contributed by atoms with Crippen molar-refractivity contribution in [2.24, 2.45) is 11.3 Å². The minimum absolute atomic E-state index is 0.0363. The highest BCUT2D eigenvalue weighted by atomic mass is 32.1. The third-order valence-corrected chi connectivity index (χ3v) is 15.4. The number of likely N-dealkylation sites (N-methyl/N-ethyl adjacent to an activating group) is 1. The molecule has 8 rings (SSSR count). The van der Waals surface area contributed by atoms with Gasteiger partial charge in [-0.15, -0.1) is 11.3 Å². The molecule has 0 saturated carbocycles. The molecule has 6 atom stereocenters. The number of cyclic esters (lactones) is 1. The smallest absolute Gasteiger partial charge is 0.323 e. The van der Waals surface area contributed by atoms with Crippen LogP contribution in [0, 0.1) is 11.3 Å². The number of rotatable bonds is 9. The molecule has 3 fully saturated rings. The summed E-state index contributed by atoms with van der Waals surface area (Å²) in [6.45, 7) is 17.8. The Kier molecular flexibility index (Phi) is 14.5. The molecular formula is C50H64N9O8SSi. The number of methoxy groups -OCH3 is 1. The summed E-state index contributed by atoms with van der Waals surface area (Å²) < 4.78 is 20.3. The molecule has 7 heterocycles. The van der Waals surface area contributed by atoms with Gasteiger partial charge in [0, 0.05) is 85.8 Å². The summed E-state index contributed by atoms with van der Waals surface area (Å²) >= 11 is 1.39. The first-order chi connectivity index (χ1) is 32.9. The number of hydrogen-bond acceptors (Lipinski definition) is 12. The molecule has 4 aliphatic heterocycles. The first-order valence-electron chi connectivity index (χ1n) is 23.8. The fraction of sp³-hybridized carbons (Fsp3) is 0.540. The van der Waals surface area contributed by atoms with Gasteiger partial charge in [0.1, 0.15) is 17.2 Å². The van der Waals surface area contributed by atoms with E-state index in [0.717, 1.165) is 44.7 Å². The fourth-order valence-corrected chi connectivity index (χ4v) is 11.6. The van der Waals surface area contributed by atoms with Gasteiger partial charge in [-0.1, -0.05) is 40.3 Å². The number of urea groups is 1. The van der Waals surface area contributed by atoms with Gasteiger partial charge < -0.3 is 38.8 Å². The molecule has 6 bridgehead atoms. The zero-order chi connectivity index (χ0) is 49.5. The topological polar surface area (TPSA) is 181 Å². The largest absolute Gasteiger partial charge is 0.464 e. The van der Waals surface area contributed by atoms with Gasteiger partial charge in [0.25, 0.3) is 5.91 Å². The highest BCUT2D eigenvalue weighted by molar-refractivity contribution is 7.10. The maximum Gasteiger partial charge on any atom is 0.323 e. The summed E-state index contributed by atoms with van der Waals surface area (Å²) in [5.41, 5.74) is 9.09. The number of amides is 5. The van der Waals surface area contributed by atoms with E-state index in [-0.39, 0.29) is 62.7 Å². The van der Waals surface area contributed by atoms with Crippen molar-refractivity contribution < 1.29 is 38.2 Å². The monoisotopic (exact) mass is 978 g/mol. The van der Waals surface area contributed by atoms with Crippen molar-refractivity contribution in [3.05, 3.63) is 70.8 Å². The molecule has 0 unspecified atom stereocenters. The van der Waals surface area contributed by atoms with Crippen molar-refractivity contribution in [1.29, 1.82) is 0 Å². The van der Waals surface area contributed by atoms with Crippen LogP contribution in [0.4, 0.5) is 4.79 Å². The number of benzene rings is 1. The van der Waals surface area contributed by atoms with E-state index >= 15 is 0 Å². The highest BCUT2D eigenvalue weighted by Crippen LogP contribution is 2.42. The minimum atomic E-state index is -1.44. The minimum Gasteiger partial charge on any atom is -0.464 e. The zero-order valence-electron chi connectivity index (χ0n) is 40.9. The number of carbonyl (C=O) groups excluding carboxylic acids is 5. The fourth-order valence-electron chi connectivity index (χ4n) is 10.4. The summed E-state index contributed by atoms with van der Waals surface area (Å²) in [6, 6.07) is 7.50. The molecule has 3 saturated heterocycles. The van der Waals surface area contributed by atoms with E-state index in [9.17, 15) is 24.0 Å². The number of nitrogens with zero attached hydrogens (tertiary/aromatic N) is 7. The highest BCUT2D eigenvalue weighted by Gasteiger charge is 2.47. The molecule has 3 radical (unpaired) electrons. The Balaban J connectivity index is 1.15. The Morgan fingerprint density at radius 2 is 1.94 bits per heavy atom. The van der Waals surface area contributed by atoms with E-state index in [0.29, 0.717) is 44.0 Å². The van der Waals surface area contributed by atoms with Crippen LogP contribution < -0.4 is 10.7 Å². The Hall–Kier alpha value is -5.47. The zero-order valence-corrected chi connectivity index (χ0v) is 42.7. The summed E-state index contributed by atoms with van der Waals surface area (Å²) in [4.78, 5) is 85.2.